The van der Waals surface area contributed by atoms with Gasteiger partial charge in [-0.15, -0.1) is 12.4 Å². The van der Waals surface area contributed by atoms with Gasteiger partial charge >= 0.3 is 0 Å². The number of amides is 1. The highest BCUT2D eigenvalue weighted by atomic mass is 35.5. The molecule has 1 N–H and O–H groups in total. The van der Waals surface area contributed by atoms with E-state index in [-0.39, 0.29) is 18.3 Å². The zero-order valence-electron chi connectivity index (χ0n) is 13.2. The van der Waals surface area contributed by atoms with Crippen LogP contribution >= 0.6 is 12.4 Å². The van der Waals surface area contributed by atoms with E-state index in [4.69, 9.17) is 0 Å². The van der Waals surface area contributed by atoms with Gasteiger partial charge in [-0.3, -0.25) is 9.00 Å². The van der Waals surface area contributed by atoms with Gasteiger partial charge in [-0.1, -0.05) is 19.1 Å². The fraction of sp³-hybridized carbons (Fsp3) is 0.562. The Morgan fingerprint density at radius 2 is 2.23 bits per heavy atom. The zero-order chi connectivity index (χ0) is 15.2. The standard InChI is InChI=1S/C16H24N2O2S.ClH/c1-3-9-18(15-7-8-17-11-15)16(19)14-6-4-5-13(10-14)12-21(2)20;/h4-6,10,15,17H,3,7-9,11-12H2,1-2H3;1H. The number of halogens is 1. The van der Waals surface area contributed by atoms with Crippen LogP contribution in [-0.4, -0.2) is 46.9 Å². The highest BCUT2D eigenvalue weighted by Gasteiger charge is 2.26. The Kier molecular flexibility index (Phi) is 8.07. The van der Waals surface area contributed by atoms with E-state index in [2.05, 4.69) is 12.2 Å². The molecule has 0 bridgehead atoms. The van der Waals surface area contributed by atoms with Crippen LogP contribution in [0.15, 0.2) is 24.3 Å². The Morgan fingerprint density at radius 1 is 1.45 bits per heavy atom. The van der Waals surface area contributed by atoms with Crippen LogP contribution in [0.5, 0.6) is 0 Å². The van der Waals surface area contributed by atoms with Crippen LogP contribution in [0.2, 0.25) is 0 Å². The molecule has 1 aliphatic rings. The lowest BCUT2D eigenvalue weighted by Crippen LogP contribution is -2.42. The molecular weight excluding hydrogens is 320 g/mol. The molecule has 1 heterocycles. The second kappa shape index (κ2) is 9.28. The molecule has 0 spiro atoms. The Labute approximate surface area is 141 Å². The summed E-state index contributed by atoms with van der Waals surface area (Å²) in [5.41, 5.74) is 1.67. The van der Waals surface area contributed by atoms with Gasteiger partial charge in [-0.2, -0.15) is 0 Å². The number of carbonyl (C=O) groups is 1. The summed E-state index contributed by atoms with van der Waals surface area (Å²) in [7, 11) is -0.889. The Bertz CT molecular complexity index is 519. The van der Waals surface area contributed by atoms with Crippen molar-refractivity contribution in [3.8, 4) is 0 Å². The fourth-order valence-corrected chi connectivity index (χ4v) is 3.44. The van der Waals surface area contributed by atoms with E-state index in [0.29, 0.717) is 17.4 Å². The van der Waals surface area contributed by atoms with Crippen molar-refractivity contribution in [1.82, 2.24) is 10.2 Å². The van der Waals surface area contributed by atoms with Crippen molar-refractivity contribution >= 4 is 29.1 Å². The van der Waals surface area contributed by atoms with Crippen molar-refractivity contribution < 1.29 is 9.00 Å². The summed E-state index contributed by atoms with van der Waals surface area (Å²) in [5.74, 6) is 0.592. The Balaban J connectivity index is 0.00000242. The maximum Gasteiger partial charge on any atom is 0.254 e. The molecule has 1 fully saturated rings. The molecule has 0 aromatic heterocycles. The molecule has 4 nitrogen and oxygen atoms in total. The van der Waals surface area contributed by atoms with Crippen molar-refractivity contribution in [3.63, 3.8) is 0 Å². The molecule has 1 saturated heterocycles. The van der Waals surface area contributed by atoms with E-state index in [1.54, 1.807) is 6.26 Å². The normalized spacial score (nSPS) is 18.5. The second-order valence-electron chi connectivity index (χ2n) is 5.56. The third-order valence-corrected chi connectivity index (χ3v) is 4.48. The molecule has 2 unspecified atom stereocenters. The highest BCUT2D eigenvalue weighted by molar-refractivity contribution is 7.83. The molecule has 1 aliphatic heterocycles. The van der Waals surface area contributed by atoms with Gasteiger partial charge in [-0.25, -0.2) is 0 Å². The highest BCUT2D eigenvalue weighted by Crippen LogP contribution is 2.16. The first-order valence-corrected chi connectivity index (χ1v) is 9.25. The first-order chi connectivity index (χ1) is 10.1. The van der Waals surface area contributed by atoms with E-state index in [1.807, 2.05) is 29.2 Å². The number of carbonyl (C=O) groups excluding carboxylic acids is 1. The number of benzene rings is 1. The number of hydrogen-bond donors (Lipinski definition) is 1. The van der Waals surface area contributed by atoms with Crippen LogP contribution in [0.4, 0.5) is 0 Å². The van der Waals surface area contributed by atoms with Crippen LogP contribution in [0.3, 0.4) is 0 Å². The molecule has 1 aromatic rings. The van der Waals surface area contributed by atoms with Crippen molar-refractivity contribution in [2.75, 3.05) is 25.9 Å². The molecule has 2 atom stereocenters. The maximum atomic E-state index is 12.8. The zero-order valence-corrected chi connectivity index (χ0v) is 14.8. The summed E-state index contributed by atoms with van der Waals surface area (Å²) in [6.07, 6.45) is 3.66. The van der Waals surface area contributed by atoms with Gasteiger partial charge in [0.2, 0.25) is 0 Å². The van der Waals surface area contributed by atoms with Crippen LogP contribution < -0.4 is 5.32 Å². The first-order valence-electron chi connectivity index (χ1n) is 7.52. The average molecular weight is 345 g/mol. The molecule has 22 heavy (non-hydrogen) atoms. The van der Waals surface area contributed by atoms with Crippen molar-refractivity contribution in [2.24, 2.45) is 0 Å². The van der Waals surface area contributed by atoms with Crippen molar-refractivity contribution in [1.29, 1.82) is 0 Å². The molecule has 124 valence electrons. The monoisotopic (exact) mass is 344 g/mol. The van der Waals surface area contributed by atoms with Crippen LogP contribution in [0.25, 0.3) is 0 Å². The molecule has 2 rings (SSSR count). The van der Waals surface area contributed by atoms with Crippen LogP contribution in [0.1, 0.15) is 35.7 Å². The van der Waals surface area contributed by atoms with Gasteiger partial charge in [0, 0.05) is 47.5 Å². The molecular formula is C16H25ClN2O2S. The van der Waals surface area contributed by atoms with Gasteiger partial charge in [0.25, 0.3) is 5.91 Å². The van der Waals surface area contributed by atoms with Crippen molar-refractivity contribution in [3.05, 3.63) is 35.4 Å². The largest absolute Gasteiger partial charge is 0.334 e. The predicted octanol–water partition coefficient (Wildman–Crippen LogP) is 2.20. The van der Waals surface area contributed by atoms with Crippen LogP contribution in [0, 0.1) is 0 Å². The van der Waals surface area contributed by atoms with Gasteiger partial charge in [0.1, 0.15) is 0 Å². The van der Waals surface area contributed by atoms with E-state index in [9.17, 15) is 9.00 Å². The van der Waals surface area contributed by atoms with Gasteiger partial charge in [0.15, 0.2) is 0 Å². The summed E-state index contributed by atoms with van der Waals surface area (Å²) in [5, 5.41) is 3.32. The number of nitrogens with zero attached hydrogens (tertiary/aromatic N) is 1. The second-order valence-corrected chi connectivity index (χ2v) is 7.00. The minimum atomic E-state index is -0.889. The Morgan fingerprint density at radius 3 is 2.82 bits per heavy atom. The number of nitrogens with one attached hydrogen (secondary N) is 1. The summed E-state index contributed by atoms with van der Waals surface area (Å²) in [6.45, 7) is 4.74. The quantitative estimate of drug-likeness (QED) is 0.860. The van der Waals surface area contributed by atoms with Crippen LogP contribution in [-0.2, 0) is 16.6 Å². The topological polar surface area (TPSA) is 49.4 Å². The summed E-state index contributed by atoms with van der Waals surface area (Å²) in [6, 6.07) is 7.84. The van der Waals surface area contributed by atoms with E-state index >= 15 is 0 Å². The molecule has 0 saturated carbocycles. The summed E-state index contributed by atoms with van der Waals surface area (Å²) in [4.78, 5) is 14.8. The minimum Gasteiger partial charge on any atom is -0.334 e. The van der Waals surface area contributed by atoms with Gasteiger partial charge in [0.05, 0.1) is 0 Å². The number of rotatable bonds is 6. The molecule has 0 aliphatic carbocycles. The average Bonchev–Trinajstić information content (AvgIpc) is 2.97. The number of hydrogen-bond acceptors (Lipinski definition) is 3. The molecule has 6 heteroatoms. The molecule has 0 radical (unpaired) electrons. The maximum absolute atomic E-state index is 12.8. The lowest BCUT2D eigenvalue weighted by molar-refractivity contribution is 0.0692. The lowest BCUT2D eigenvalue weighted by atomic mass is 10.1. The van der Waals surface area contributed by atoms with Crippen molar-refractivity contribution in [2.45, 2.75) is 31.6 Å². The van der Waals surface area contributed by atoms with Gasteiger partial charge in [-0.05, 0) is 37.1 Å². The van der Waals surface area contributed by atoms with Gasteiger partial charge < -0.3 is 10.2 Å². The minimum absolute atomic E-state index is 0. The molecule has 1 amide bonds. The third kappa shape index (κ3) is 5.07. The molecule has 1 aromatic carbocycles. The first kappa shape index (κ1) is 19.1. The smallest absolute Gasteiger partial charge is 0.254 e. The van der Waals surface area contributed by atoms with E-state index in [1.165, 1.54) is 0 Å². The van der Waals surface area contributed by atoms with E-state index in [0.717, 1.165) is 38.0 Å². The summed E-state index contributed by atoms with van der Waals surface area (Å²) >= 11 is 0. The Hall–Kier alpha value is -0.910. The fourth-order valence-electron chi connectivity index (χ4n) is 2.79. The lowest BCUT2D eigenvalue weighted by Gasteiger charge is -2.28. The van der Waals surface area contributed by atoms with E-state index < -0.39 is 10.8 Å². The summed E-state index contributed by atoms with van der Waals surface area (Å²) < 4.78 is 11.3. The SMILES string of the molecule is CCCN(C(=O)c1cccc(CS(C)=O)c1)C1CCNC1.Cl. The predicted molar refractivity (Wildman–Crippen MR) is 94.1 cm³/mol. The third-order valence-electron chi connectivity index (χ3n) is 3.74.